The van der Waals surface area contributed by atoms with Crippen LogP contribution in [0.5, 0.6) is 0 Å². The first-order valence-electron chi connectivity index (χ1n) is 9.18. The van der Waals surface area contributed by atoms with Gasteiger partial charge in [0.25, 0.3) is 23.4 Å². The predicted octanol–water partition coefficient (Wildman–Crippen LogP) is 3.48. The van der Waals surface area contributed by atoms with Gasteiger partial charge in [-0.3, -0.25) is 14.5 Å². The van der Waals surface area contributed by atoms with E-state index in [9.17, 15) is 22.8 Å². The Hall–Kier alpha value is -2.68. The second kappa shape index (κ2) is 8.22. The van der Waals surface area contributed by atoms with Crippen molar-refractivity contribution < 1.29 is 22.8 Å². The number of aryl methyl sites for hydroxylation is 1. The van der Waals surface area contributed by atoms with E-state index in [1.165, 1.54) is 25.6 Å². The van der Waals surface area contributed by atoms with Crippen LogP contribution in [-0.2, 0) is 15.1 Å². The maximum Gasteiger partial charge on any atom is 0.278 e. The fraction of sp³-hybridized carbons (Fsp3) is 0.400. The minimum atomic E-state index is -2.85. The van der Waals surface area contributed by atoms with Crippen LogP contribution in [0.25, 0.3) is 0 Å². The van der Waals surface area contributed by atoms with Gasteiger partial charge in [0.15, 0.2) is 5.54 Å². The van der Waals surface area contributed by atoms with Crippen LogP contribution in [0.4, 0.5) is 18.9 Å². The van der Waals surface area contributed by atoms with Gasteiger partial charge in [0, 0.05) is 42.5 Å². The molecular formula is C20H20ClF3N4O2. The fourth-order valence-corrected chi connectivity index (χ4v) is 3.50. The summed E-state index contributed by atoms with van der Waals surface area (Å²) in [5, 5.41) is 2.53. The molecule has 1 heterocycles. The van der Waals surface area contributed by atoms with Gasteiger partial charge < -0.3 is 5.32 Å². The van der Waals surface area contributed by atoms with Gasteiger partial charge in [0.1, 0.15) is 6.33 Å². The smallest absolute Gasteiger partial charge is 0.278 e. The molecule has 1 saturated carbocycles. The van der Waals surface area contributed by atoms with E-state index in [-0.39, 0.29) is 11.3 Å². The number of benzene rings is 1. The number of carbonyl (C=O) groups excluding carboxylic acids is 2. The molecule has 0 saturated heterocycles. The molecule has 1 N–H and O–H groups in total. The van der Waals surface area contributed by atoms with Crippen LogP contribution >= 0.6 is 11.6 Å². The first kappa shape index (κ1) is 22.0. The summed E-state index contributed by atoms with van der Waals surface area (Å²) in [7, 11) is 0. The molecule has 0 spiro atoms. The summed E-state index contributed by atoms with van der Waals surface area (Å²) in [6.45, 7) is 3.19. The van der Waals surface area contributed by atoms with E-state index in [0.717, 1.165) is 10.5 Å². The summed E-state index contributed by atoms with van der Waals surface area (Å²) in [5.41, 5.74) is -3.04. The van der Waals surface area contributed by atoms with Crippen molar-refractivity contribution in [2.75, 3.05) is 4.90 Å². The van der Waals surface area contributed by atoms with Crippen LogP contribution in [0.15, 0.2) is 43.0 Å². The summed E-state index contributed by atoms with van der Waals surface area (Å²) in [4.78, 5) is 34.8. The first-order valence-corrected chi connectivity index (χ1v) is 9.61. The number of nitrogens with one attached hydrogen (secondary N) is 1. The van der Waals surface area contributed by atoms with Crippen LogP contribution in [0, 0.1) is 6.92 Å². The van der Waals surface area contributed by atoms with Gasteiger partial charge in [-0.25, -0.2) is 23.1 Å². The Morgan fingerprint density at radius 1 is 1.23 bits per heavy atom. The standard InChI is InChI=1S/C20H20ClF3N4O2/c1-12-3-5-15(6-4-12)28(17(29)16(21)22)19(2,13-9-25-11-26-10-13)18(30)27-14-7-20(23,24)8-14/h3-6,9-11,14,16H,7-8H2,1-2H3,(H,27,30)/t16-,19?/m0/s1. The number of nitrogens with zero attached hydrogens (tertiary/aromatic N) is 3. The number of alkyl halides is 4. The lowest BCUT2D eigenvalue weighted by molar-refractivity contribution is -0.137. The van der Waals surface area contributed by atoms with Crippen molar-refractivity contribution in [2.24, 2.45) is 0 Å². The number of aromatic nitrogens is 2. The summed E-state index contributed by atoms with van der Waals surface area (Å²) in [5.74, 6) is -4.80. The van der Waals surface area contributed by atoms with Gasteiger partial charge in [-0.15, -0.1) is 0 Å². The van der Waals surface area contributed by atoms with E-state index < -0.39 is 47.8 Å². The molecule has 0 radical (unpaired) electrons. The van der Waals surface area contributed by atoms with Crippen LogP contribution in [0.3, 0.4) is 0 Å². The maximum atomic E-state index is 14.0. The molecule has 2 amide bonds. The summed E-state index contributed by atoms with van der Waals surface area (Å²) in [6, 6.07) is 5.68. The first-order chi connectivity index (χ1) is 14.0. The highest BCUT2D eigenvalue weighted by Crippen LogP contribution is 2.39. The highest BCUT2D eigenvalue weighted by Gasteiger charge is 2.51. The Balaban J connectivity index is 2.09. The lowest BCUT2D eigenvalue weighted by atomic mass is 9.85. The average Bonchev–Trinajstić information content (AvgIpc) is 2.68. The number of hydrogen-bond acceptors (Lipinski definition) is 4. The molecule has 2 atom stereocenters. The maximum absolute atomic E-state index is 14.0. The van der Waals surface area contributed by atoms with Crippen molar-refractivity contribution >= 4 is 29.1 Å². The Labute approximate surface area is 176 Å². The van der Waals surface area contributed by atoms with Crippen LogP contribution in [-0.4, -0.2) is 39.4 Å². The van der Waals surface area contributed by atoms with Crippen molar-refractivity contribution in [2.45, 2.75) is 49.8 Å². The van der Waals surface area contributed by atoms with E-state index in [4.69, 9.17) is 11.6 Å². The zero-order valence-electron chi connectivity index (χ0n) is 16.3. The second-order valence-corrected chi connectivity index (χ2v) is 7.83. The molecule has 30 heavy (non-hydrogen) atoms. The van der Waals surface area contributed by atoms with E-state index >= 15 is 0 Å². The minimum absolute atomic E-state index is 0.167. The number of carbonyl (C=O) groups is 2. The third-order valence-electron chi connectivity index (χ3n) is 5.14. The largest absolute Gasteiger partial charge is 0.351 e. The third-order valence-corrected chi connectivity index (χ3v) is 5.32. The van der Waals surface area contributed by atoms with E-state index in [1.54, 1.807) is 24.3 Å². The van der Waals surface area contributed by atoms with E-state index in [0.29, 0.717) is 0 Å². The molecule has 10 heteroatoms. The number of halogens is 4. The third kappa shape index (κ3) is 4.26. The van der Waals surface area contributed by atoms with E-state index in [1.807, 2.05) is 6.92 Å². The number of rotatable bonds is 6. The fourth-order valence-electron chi connectivity index (χ4n) is 3.40. The van der Waals surface area contributed by atoms with Crippen molar-refractivity contribution in [3.05, 3.63) is 54.1 Å². The van der Waals surface area contributed by atoms with Gasteiger partial charge >= 0.3 is 0 Å². The molecule has 0 aliphatic heterocycles. The summed E-state index contributed by atoms with van der Waals surface area (Å²) in [6.07, 6.45) is 2.81. The van der Waals surface area contributed by atoms with Crippen LogP contribution in [0.2, 0.25) is 0 Å². The van der Waals surface area contributed by atoms with Gasteiger partial charge in [0.05, 0.1) is 0 Å². The quantitative estimate of drug-likeness (QED) is 0.698. The van der Waals surface area contributed by atoms with Crippen molar-refractivity contribution in [3.8, 4) is 0 Å². The number of hydrogen-bond donors (Lipinski definition) is 1. The number of anilines is 1. The molecule has 1 unspecified atom stereocenters. The topological polar surface area (TPSA) is 75.2 Å². The summed E-state index contributed by atoms with van der Waals surface area (Å²) < 4.78 is 40.5. The SMILES string of the molecule is Cc1ccc(N(C(=O)[C@H](F)Cl)C(C)(C(=O)NC2CC(F)(F)C2)c2cncnc2)cc1. The molecule has 2 aromatic rings. The van der Waals surface area contributed by atoms with Crippen LogP contribution in [0.1, 0.15) is 30.9 Å². The minimum Gasteiger partial charge on any atom is -0.351 e. The predicted molar refractivity (Wildman–Crippen MR) is 105 cm³/mol. The normalized spacial score (nSPS) is 18.6. The molecule has 160 valence electrons. The van der Waals surface area contributed by atoms with Crippen molar-refractivity contribution in [1.29, 1.82) is 0 Å². The second-order valence-electron chi connectivity index (χ2n) is 7.44. The monoisotopic (exact) mass is 440 g/mol. The highest BCUT2D eigenvalue weighted by molar-refractivity contribution is 6.32. The van der Waals surface area contributed by atoms with Gasteiger partial charge in [0.2, 0.25) is 0 Å². The van der Waals surface area contributed by atoms with E-state index in [2.05, 4.69) is 15.3 Å². The van der Waals surface area contributed by atoms with Gasteiger partial charge in [-0.2, -0.15) is 0 Å². The van der Waals surface area contributed by atoms with Crippen molar-refractivity contribution in [3.63, 3.8) is 0 Å². The van der Waals surface area contributed by atoms with Crippen molar-refractivity contribution in [1.82, 2.24) is 15.3 Å². The van der Waals surface area contributed by atoms with Gasteiger partial charge in [-0.05, 0) is 26.0 Å². The Bertz CT molecular complexity index is 919. The Morgan fingerprint density at radius 3 is 2.30 bits per heavy atom. The highest BCUT2D eigenvalue weighted by atomic mass is 35.5. The average molecular weight is 441 g/mol. The molecule has 3 rings (SSSR count). The van der Waals surface area contributed by atoms with Gasteiger partial charge in [-0.1, -0.05) is 29.3 Å². The molecule has 1 aromatic heterocycles. The zero-order chi connectivity index (χ0) is 22.1. The lowest BCUT2D eigenvalue weighted by Crippen LogP contribution is -2.62. The molecule has 0 bridgehead atoms. The molecule has 1 aliphatic rings. The Morgan fingerprint density at radius 2 is 1.80 bits per heavy atom. The van der Waals surface area contributed by atoms with Crippen LogP contribution < -0.4 is 10.2 Å². The Kier molecular flexibility index (Phi) is 6.03. The molecular weight excluding hydrogens is 421 g/mol. The number of amides is 2. The molecule has 6 nitrogen and oxygen atoms in total. The molecule has 1 aliphatic carbocycles. The lowest BCUT2D eigenvalue weighted by Gasteiger charge is -2.43. The molecule has 1 aromatic carbocycles. The summed E-state index contributed by atoms with van der Waals surface area (Å²) >= 11 is 5.46. The molecule has 1 fully saturated rings. The zero-order valence-corrected chi connectivity index (χ0v) is 17.0.